The molecule has 0 aromatic heterocycles. The van der Waals surface area contributed by atoms with Gasteiger partial charge in [0.25, 0.3) is 0 Å². The third-order valence-corrected chi connectivity index (χ3v) is 1.38. The molecule has 0 unspecified atom stereocenters. The normalized spacial score (nSPS) is 9.50. The summed E-state index contributed by atoms with van der Waals surface area (Å²) in [5.41, 5.74) is 0.940. The first-order valence-electron chi connectivity index (χ1n) is 3.80. The molecule has 0 bridgehead atoms. The van der Waals surface area contributed by atoms with E-state index in [1.807, 2.05) is 30.3 Å². The van der Waals surface area contributed by atoms with Crippen LogP contribution in [0.3, 0.4) is 0 Å². The standard InChI is InChI=1S/C10H10O3.K.H/c1-12-13-10(11)8-7-9-5-3-2-4-6-9;;/h2-8H,1H3;;/q;+1;-1. The van der Waals surface area contributed by atoms with E-state index in [4.69, 9.17) is 0 Å². The number of hydrogen-bond donors (Lipinski definition) is 0. The summed E-state index contributed by atoms with van der Waals surface area (Å²) in [5, 5.41) is 0. The van der Waals surface area contributed by atoms with E-state index in [-0.39, 0.29) is 52.8 Å². The largest absolute Gasteiger partial charge is 1.00 e. The second-order valence-corrected chi connectivity index (χ2v) is 2.31. The van der Waals surface area contributed by atoms with Crippen LogP contribution in [0.4, 0.5) is 0 Å². The summed E-state index contributed by atoms with van der Waals surface area (Å²) in [6.45, 7) is 0. The summed E-state index contributed by atoms with van der Waals surface area (Å²) in [5.74, 6) is -0.522. The second-order valence-electron chi connectivity index (χ2n) is 2.31. The molecule has 0 fully saturated rings. The molecule has 0 aliphatic carbocycles. The molecule has 3 nitrogen and oxygen atoms in total. The van der Waals surface area contributed by atoms with E-state index in [9.17, 15) is 4.79 Å². The predicted octanol–water partition coefficient (Wildman–Crippen LogP) is -1.08. The van der Waals surface area contributed by atoms with Gasteiger partial charge < -0.3 is 1.43 Å². The molecule has 0 saturated heterocycles. The average molecular weight is 218 g/mol. The van der Waals surface area contributed by atoms with Crippen LogP contribution in [0.25, 0.3) is 6.08 Å². The van der Waals surface area contributed by atoms with E-state index in [0.29, 0.717) is 0 Å². The first-order chi connectivity index (χ1) is 6.33. The Morgan fingerprint density at radius 1 is 1.36 bits per heavy atom. The van der Waals surface area contributed by atoms with Crippen molar-refractivity contribution in [1.82, 2.24) is 0 Å². The van der Waals surface area contributed by atoms with Crippen molar-refractivity contribution in [1.29, 1.82) is 0 Å². The van der Waals surface area contributed by atoms with Gasteiger partial charge >= 0.3 is 57.4 Å². The molecule has 14 heavy (non-hydrogen) atoms. The Morgan fingerprint density at radius 2 is 2.00 bits per heavy atom. The molecular weight excluding hydrogens is 207 g/mol. The summed E-state index contributed by atoms with van der Waals surface area (Å²) < 4.78 is 0. The zero-order valence-electron chi connectivity index (χ0n) is 9.27. The Hall–Kier alpha value is 0.0264. The van der Waals surface area contributed by atoms with Crippen LogP contribution < -0.4 is 51.4 Å². The van der Waals surface area contributed by atoms with Crippen LogP contribution in [0.15, 0.2) is 36.4 Å². The first-order valence-corrected chi connectivity index (χ1v) is 3.80. The minimum Gasteiger partial charge on any atom is -1.00 e. The van der Waals surface area contributed by atoms with Gasteiger partial charge in [-0.3, -0.25) is 4.89 Å². The molecule has 1 aromatic carbocycles. The molecule has 0 spiro atoms. The molecule has 0 radical (unpaired) electrons. The fraction of sp³-hybridized carbons (Fsp3) is 0.100. The van der Waals surface area contributed by atoms with Gasteiger partial charge in [0.15, 0.2) is 0 Å². The SMILES string of the molecule is COOC(=O)C=Cc1ccccc1.[H-].[K+]. The van der Waals surface area contributed by atoms with Gasteiger partial charge in [-0.25, -0.2) is 4.79 Å². The van der Waals surface area contributed by atoms with E-state index < -0.39 is 5.97 Å². The van der Waals surface area contributed by atoms with Crippen LogP contribution in [-0.4, -0.2) is 13.1 Å². The maximum Gasteiger partial charge on any atom is 1.00 e. The monoisotopic (exact) mass is 218 g/mol. The predicted molar refractivity (Wildman–Crippen MR) is 49.7 cm³/mol. The van der Waals surface area contributed by atoms with Gasteiger partial charge in [0.2, 0.25) is 0 Å². The van der Waals surface area contributed by atoms with E-state index in [2.05, 4.69) is 9.78 Å². The van der Waals surface area contributed by atoms with E-state index >= 15 is 0 Å². The summed E-state index contributed by atoms with van der Waals surface area (Å²) in [4.78, 5) is 19.2. The molecule has 0 aliphatic rings. The Morgan fingerprint density at radius 3 is 2.57 bits per heavy atom. The van der Waals surface area contributed by atoms with Gasteiger partial charge in [-0.1, -0.05) is 30.3 Å². The van der Waals surface area contributed by atoms with Crippen LogP contribution >= 0.6 is 0 Å². The number of carbonyl (C=O) groups is 1. The van der Waals surface area contributed by atoms with Gasteiger partial charge in [-0.2, -0.15) is 4.89 Å². The fourth-order valence-electron chi connectivity index (χ4n) is 0.838. The average Bonchev–Trinajstić information content (AvgIpc) is 2.17. The molecule has 0 heterocycles. The zero-order valence-corrected chi connectivity index (χ0v) is 11.4. The van der Waals surface area contributed by atoms with Crippen molar-refractivity contribution in [2.75, 3.05) is 7.11 Å². The van der Waals surface area contributed by atoms with Gasteiger partial charge in [-0.15, -0.1) is 0 Å². The van der Waals surface area contributed by atoms with Crippen molar-refractivity contribution in [3.63, 3.8) is 0 Å². The molecule has 0 saturated carbocycles. The van der Waals surface area contributed by atoms with Gasteiger partial charge in [0.1, 0.15) is 0 Å². The Kier molecular flexibility index (Phi) is 8.36. The second kappa shape index (κ2) is 8.34. The van der Waals surface area contributed by atoms with Crippen molar-refractivity contribution in [2.24, 2.45) is 0 Å². The molecule has 70 valence electrons. The van der Waals surface area contributed by atoms with Crippen LogP contribution in [0.2, 0.25) is 0 Å². The van der Waals surface area contributed by atoms with E-state index in [1.54, 1.807) is 6.08 Å². The summed E-state index contributed by atoms with van der Waals surface area (Å²) in [7, 11) is 1.29. The molecule has 0 atom stereocenters. The van der Waals surface area contributed by atoms with Crippen molar-refractivity contribution < 1.29 is 67.4 Å². The fourth-order valence-corrected chi connectivity index (χ4v) is 0.838. The minimum atomic E-state index is -0.522. The number of hydrogen-bond acceptors (Lipinski definition) is 3. The third kappa shape index (κ3) is 5.69. The van der Waals surface area contributed by atoms with Gasteiger partial charge in [-0.05, 0) is 11.6 Å². The third-order valence-electron chi connectivity index (χ3n) is 1.38. The number of carbonyl (C=O) groups excluding carboxylic acids is 1. The Balaban J connectivity index is 0. The van der Waals surface area contributed by atoms with Crippen LogP contribution in [0.1, 0.15) is 6.99 Å². The van der Waals surface area contributed by atoms with E-state index in [0.717, 1.165) is 5.56 Å². The first kappa shape index (κ1) is 14.0. The van der Waals surface area contributed by atoms with Gasteiger partial charge in [0.05, 0.1) is 7.11 Å². The number of rotatable bonds is 3. The molecule has 1 rings (SSSR count). The van der Waals surface area contributed by atoms with Crippen molar-refractivity contribution in [2.45, 2.75) is 0 Å². The maximum atomic E-state index is 10.8. The molecule has 0 aliphatic heterocycles. The van der Waals surface area contributed by atoms with E-state index in [1.165, 1.54) is 13.2 Å². The number of benzene rings is 1. The Labute approximate surface area is 127 Å². The quantitative estimate of drug-likeness (QED) is 0.280. The van der Waals surface area contributed by atoms with Crippen LogP contribution in [-0.2, 0) is 14.6 Å². The van der Waals surface area contributed by atoms with Crippen LogP contribution in [0.5, 0.6) is 0 Å². The molecule has 0 N–H and O–H groups in total. The van der Waals surface area contributed by atoms with Gasteiger partial charge in [0, 0.05) is 6.08 Å². The molecular formula is C10H11KO3. The summed E-state index contributed by atoms with van der Waals surface area (Å²) in [6.07, 6.45) is 2.96. The maximum absolute atomic E-state index is 10.8. The van der Waals surface area contributed by atoms with Crippen molar-refractivity contribution in [3.05, 3.63) is 42.0 Å². The summed E-state index contributed by atoms with van der Waals surface area (Å²) in [6, 6.07) is 9.46. The van der Waals surface area contributed by atoms with Crippen LogP contribution in [0, 0.1) is 0 Å². The zero-order chi connectivity index (χ0) is 9.52. The topological polar surface area (TPSA) is 35.5 Å². The molecule has 0 amide bonds. The molecule has 1 aromatic rings. The molecule has 4 heteroatoms. The smallest absolute Gasteiger partial charge is 1.00 e. The Bertz CT molecular complexity index is 301. The van der Waals surface area contributed by atoms with Crippen molar-refractivity contribution in [3.8, 4) is 0 Å². The summed E-state index contributed by atoms with van der Waals surface area (Å²) >= 11 is 0. The van der Waals surface area contributed by atoms with Crippen molar-refractivity contribution >= 4 is 12.0 Å². The minimum absolute atomic E-state index is 0.